The van der Waals surface area contributed by atoms with E-state index in [1.54, 1.807) is 0 Å². The zero-order valence-corrected chi connectivity index (χ0v) is 12.1. The van der Waals surface area contributed by atoms with E-state index in [1.807, 2.05) is 0 Å². The van der Waals surface area contributed by atoms with Gasteiger partial charge in [0.05, 0.1) is 0 Å². The molecular weight excluding hydrogens is 220 g/mol. The molecule has 0 spiro atoms. The van der Waals surface area contributed by atoms with Crippen molar-refractivity contribution < 1.29 is 5.11 Å². The molecular formula is C17H28O. The first-order valence-electron chi connectivity index (χ1n) is 7.13. The van der Waals surface area contributed by atoms with E-state index in [-0.39, 0.29) is 12.0 Å². The highest BCUT2D eigenvalue weighted by Crippen LogP contribution is 2.50. The Morgan fingerprint density at radius 3 is 2.17 bits per heavy atom. The molecule has 1 heteroatoms. The molecule has 1 rings (SSSR count). The van der Waals surface area contributed by atoms with E-state index >= 15 is 0 Å². The van der Waals surface area contributed by atoms with Crippen LogP contribution >= 0.6 is 0 Å². The summed E-state index contributed by atoms with van der Waals surface area (Å²) in [6.07, 6.45) is 6.19. The lowest BCUT2D eigenvalue weighted by atomic mass is 9.61. The Hall–Kier alpha value is -0.820. The lowest BCUT2D eigenvalue weighted by Gasteiger charge is -2.43. The van der Waals surface area contributed by atoms with Crippen LogP contribution in [0.3, 0.4) is 0 Å². The highest BCUT2D eigenvalue weighted by atomic mass is 16.3. The van der Waals surface area contributed by atoms with Crippen molar-refractivity contribution in [1.29, 1.82) is 0 Å². The molecule has 0 heterocycles. The monoisotopic (exact) mass is 248 g/mol. The quantitative estimate of drug-likeness (QED) is 0.679. The molecule has 1 saturated carbocycles. The van der Waals surface area contributed by atoms with Gasteiger partial charge in [0, 0.05) is 12.5 Å². The molecule has 1 fully saturated rings. The number of allylic oxidation sites excluding steroid dienone is 3. The van der Waals surface area contributed by atoms with Gasteiger partial charge in [0.2, 0.25) is 0 Å². The summed E-state index contributed by atoms with van der Waals surface area (Å²) in [4.78, 5) is 0. The summed E-state index contributed by atoms with van der Waals surface area (Å²) in [6.45, 7) is 17.3. The van der Waals surface area contributed by atoms with Crippen LogP contribution < -0.4 is 0 Å². The maximum absolute atomic E-state index is 9.33. The SMILES string of the molecule is C=C(CC)C1C(=C)CC(CCC)(CCO)CC1=C. The maximum Gasteiger partial charge on any atom is 0.0436 e. The first-order valence-corrected chi connectivity index (χ1v) is 7.13. The molecule has 18 heavy (non-hydrogen) atoms. The third kappa shape index (κ3) is 3.14. The van der Waals surface area contributed by atoms with E-state index in [9.17, 15) is 5.11 Å². The summed E-state index contributed by atoms with van der Waals surface area (Å²) >= 11 is 0. The second-order valence-corrected chi connectivity index (χ2v) is 5.84. The summed E-state index contributed by atoms with van der Waals surface area (Å²) in [5.41, 5.74) is 3.93. The van der Waals surface area contributed by atoms with E-state index in [0.717, 1.165) is 38.5 Å². The van der Waals surface area contributed by atoms with Gasteiger partial charge in [-0.15, -0.1) is 0 Å². The lowest BCUT2D eigenvalue weighted by molar-refractivity contribution is 0.150. The van der Waals surface area contributed by atoms with Crippen molar-refractivity contribution in [3.63, 3.8) is 0 Å². The zero-order valence-electron chi connectivity index (χ0n) is 12.1. The second-order valence-electron chi connectivity index (χ2n) is 5.84. The largest absolute Gasteiger partial charge is 0.396 e. The molecule has 0 radical (unpaired) electrons. The molecule has 0 unspecified atom stereocenters. The van der Waals surface area contributed by atoms with Gasteiger partial charge in [0.15, 0.2) is 0 Å². The highest BCUT2D eigenvalue weighted by Gasteiger charge is 2.38. The predicted octanol–water partition coefficient (Wildman–Crippen LogP) is 4.64. The van der Waals surface area contributed by atoms with Crippen molar-refractivity contribution in [2.45, 2.75) is 52.4 Å². The van der Waals surface area contributed by atoms with Crippen molar-refractivity contribution in [3.05, 3.63) is 36.5 Å². The first kappa shape index (κ1) is 15.2. The Bertz CT molecular complexity index is 312. The molecule has 0 aromatic heterocycles. The average Bonchev–Trinajstić information content (AvgIpc) is 2.28. The Morgan fingerprint density at radius 2 is 1.78 bits per heavy atom. The Morgan fingerprint density at radius 1 is 1.22 bits per heavy atom. The Balaban J connectivity index is 2.90. The van der Waals surface area contributed by atoms with Crippen LogP contribution in [0.2, 0.25) is 0 Å². The van der Waals surface area contributed by atoms with Crippen LogP contribution in [-0.4, -0.2) is 11.7 Å². The van der Waals surface area contributed by atoms with Gasteiger partial charge >= 0.3 is 0 Å². The third-order valence-electron chi connectivity index (χ3n) is 4.31. The smallest absolute Gasteiger partial charge is 0.0436 e. The minimum atomic E-state index is 0.197. The molecule has 0 aliphatic heterocycles. The molecule has 102 valence electrons. The fourth-order valence-electron chi connectivity index (χ4n) is 3.55. The van der Waals surface area contributed by atoms with Crippen LogP contribution in [0.15, 0.2) is 36.5 Å². The standard InChI is InChI=1S/C17H28O/c1-6-8-17(9-10-18)11-14(4)16(13(3)7-2)15(5)12-17/h16,18H,3-12H2,1-2H3. The van der Waals surface area contributed by atoms with Crippen molar-refractivity contribution in [3.8, 4) is 0 Å². The molecule has 0 bridgehead atoms. The Labute approximate surface area is 112 Å². The summed E-state index contributed by atoms with van der Waals surface area (Å²) < 4.78 is 0. The van der Waals surface area contributed by atoms with Crippen LogP contribution in [0.1, 0.15) is 52.4 Å². The number of hydrogen-bond acceptors (Lipinski definition) is 1. The fourth-order valence-corrected chi connectivity index (χ4v) is 3.55. The van der Waals surface area contributed by atoms with Gasteiger partial charge in [-0.25, -0.2) is 0 Å². The van der Waals surface area contributed by atoms with Crippen LogP contribution in [0.5, 0.6) is 0 Å². The van der Waals surface area contributed by atoms with E-state index in [1.165, 1.54) is 16.7 Å². The van der Waals surface area contributed by atoms with Gasteiger partial charge in [-0.2, -0.15) is 0 Å². The van der Waals surface area contributed by atoms with Crippen molar-refractivity contribution in [1.82, 2.24) is 0 Å². The molecule has 0 amide bonds. The number of aliphatic hydroxyl groups excluding tert-OH is 1. The minimum absolute atomic E-state index is 0.197. The summed E-state index contributed by atoms with van der Waals surface area (Å²) in [7, 11) is 0. The molecule has 0 aromatic rings. The van der Waals surface area contributed by atoms with Gasteiger partial charge in [-0.1, -0.05) is 56.7 Å². The maximum atomic E-state index is 9.33. The summed E-state index contributed by atoms with van der Waals surface area (Å²) in [5, 5.41) is 9.33. The molecule has 0 aromatic carbocycles. The topological polar surface area (TPSA) is 20.2 Å². The van der Waals surface area contributed by atoms with Crippen molar-refractivity contribution >= 4 is 0 Å². The van der Waals surface area contributed by atoms with Crippen LogP contribution in [0.25, 0.3) is 0 Å². The Kier molecular flexibility index (Phi) is 5.40. The average molecular weight is 248 g/mol. The van der Waals surface area contributed by atoms with E-state index in [0.29, 0.717) is 5.92 Å². The highest BCUT2D eigenvalue weighted by molar-refractivity contribution is 5.33. The third-order valence-corrected chi connectivity index (χ3v) is 4.31. The van der Waals surface area contributed by atoms with E-state index in [2.05, 4.69) is 33.6 Å². The first-order chi connectivity index (χ1) is 8.49. The van der Waals surface area contributed by atoms with Crippen LogP contribution in [-0.2, 0) is 0 Å². The predicted molar refractivity (Wildman–Crippen MR) is 79.5 cm³/mol. The van der Waals surface area contributed by atoms with Gasteiger partial charge in [0.25, 0.3) is 0 Å². The van der Waals surface area contributed by atoms with E-state index < -0.39 is 0 Å². The normalized spacial score (nSPS) is 28.5. The lowest BCUT2D eigenvalue weighted by Crippen LogP contribution is -2.32. The molecule has 1 aliphatic carbocycles. The van der Waals surface area contributed by atoms with Gasteiger partial charge in [-0.05, 0) is 37.5 Å². The minimum Gasteiger partial charge on any atom is -0.396 e. The van der Waals surface area contributed by atoms with Gasteiger partial charge in [0.1, 0.15) is 0 Å². The summed E-state index contributed by atoms with van der Waals surface area (Å²) in [6, 6.07) is 0. The molecule has 1 aliphatic rings. The van der Waals surface area contributed by atoms with Crippen molar-refractivity contribution in [2.75, 3.05) is 6.61 Å². The number of aliphatic hydroxyl groups is 1. The van der Waals surface area contributed by atoms with E-state index in [4.69, 9.17) is 0 Å². The molecule has 1 N–H and O–H groups in total. The van der Waals surface area contributed by atoms with Crippen LogP contribution in [0, 0.1) is 11.3 Å². The summed E-state index contributed by atoms with van der Waals surface area (Å²) in [5.74, 6) is 0.304. The number of hydrogen-bond donors (Lipinski definition) is 1. The van der Waals surface area contributed by atoms with Crippen LogP contribution in [0.4, 0.5) is 0 Å². The molecule has 0 atom stereocenters. The molecule has 1 nitrogen and oxygen atoms in total. The second kappa shape index (κ2) is 6.38. The van der Waals surface area contributed by atoms with Gasteiger partial charge in [-0.3, -0.25) is 0 Å². The molecule has 0 saturated heterocycles. The zero-order chi connectivity index (χ0) is 13.8. The van der Waals surface area contributed by atoms with Gasteiger partial charge < -0.3 is 5.11 Å². The van der Waals surface area contributed by atoms with Crippen molar-refractivity contribution in [2.24, 2.45) is 11.3 Å². The number of rotatable bonds is 6. The fraction of sp³-hybridized carbons (Fsp3) is 0.647.